The zero-order chi connectivity index (χ0) is 18.8. The molecule has 1 aliphatic heterocycles. The molecule has 0 atom stereocenters. The minimum absolute atomic E-state index is 0.124. The molecule has 3 aromatic rings. The normalized spacial score (nSPS) is 13.7. The minimum Gasteiger partial charge on any atom is -0.497 e. The molecule has 0 saturated carbocycles. The molecule has 6 heteroatoms. The highest BCUT2D eigenvalue weighted by Crippen LogP contribution is 2.32. The maximum Gasteiger partial charge on any atom is 0.339 e. The first-order valence-electron chi connectivity index (χ1n) is 8.98. The van der Waals surface area contributed by atoms with Crippen molar-refractivity contribution in [2.24, 2.45) is 0 Å². The predicted octanol–water partition coefficient (Wildman–Crippen LogP) is 4.29. The van der Waals surface area contributed by atoms with E-state index in [1.54, 1.807) is 13.2 Å². The molecule has 4 rings (SSSR count). The van der Waals surface area contributed by atoms with Crippen molar-refractivity contribution in [3.8, 4) is 5.75 Å². The summed E-state index contributed by atoms with van der Waals surface area (Å²) in [7, 11) is 1.58. The summed E-state index contributed by atoms with van der Waals surface area (Å²) in [4.78, 5) is 18.3. The van der Waals surface area contributed by atoms with Gasteiger partial charge in [0.25, 0.3) is 0 Å². The average molecular weight is 363 g/mol. The van der Waals surface area contributed by atoms with Crippen molar-refractivity contribution < 1.29 is 14.6 Å². The summed E-state index contributed by atoms with van der Waals surface area (Å²) < 4.78 is 5.29. The van der Waals surface area contributed by atoms with Crippen molar-refractivity contribution in [2.45, 2.75) is 12.8 Å². The topological polar surface area (TPSA) is 74.7 Å². The van der Waals surface area contributed by atoms with Crippen LogP contribution < -0.4 is 15.0 Å². The number of nitrogens with zero attached hydrogens (tertiary/aromatic N) is 2. The second kappa shape index (κ2) is 7.15. The summed E-state index contributed by atoms with van der Waals surface area (Å²) in [5.41, 5.74) is 3.37. The fraction of sp³-hybridized carbons (Fsp3) is 0.238. The van der Waals surface area contributed by atoms with E-state index in [1.165, 1.54) is 24.7 Å². The Morgan fingerprint density at radius 2 is 1.89 bits per heavy atom. The van der Waals surface area contributed by atoms with Gasteiger partial charge in [-0.25, -0.2) is 4.79 Å². The van der Waals surface area contributed by atoms with Gasteiger partial charge in [0.15, 0.2) is 0 Å². The number of anilines is 3. The van der Waals surface area contributed by atoms with E-state index in [9.17, 15) is 9.90 Å². The molecule has 2 heterocycles. The number of benzene rings is 2. The summed E-state index contributed by atoms with van der Waals surface area (Å²) in [6.45, 7) is 2.18. The Balaban J connectivity index is 1.73. The number of carboxylic acid groups (broad SMARTS) is 1. The number of hydrogen-bond acceptors (Lipinski definition) is 5. The van der Waals surface area contributed by atoms with Crippen LogP contribution in [0.5, 0.6) is 5.75 Å². The van der Waals surface area contributed by atoms with Crippen LogP contribution in [0, 0.1) is 0 Å². The zero-order valence-corrected chi connectivity index (χ0v) is 15.1. The molecule has 0 amide bonds. The van der Waals surface area contributed by atoms with Gasteiger partial charge >= 0.3 is 5.97 Å². The van der Waals surface area contributed by atoms with Crippen molar-refractivity contribution in [3.05, 3.63) is 54.2 Å². The second-order valence-corrected chi connectivity index (χ2v) is 6.60. The van der Waals surface area contributed by atoms with Gasteiger partial charge in [0.2, 0.25) is 0 Å². The third kappa shape index (κ3) is 3.38. The highest BCUT2D eigenvalue weighted by atomic mass is 16.5. The molecule has 2 N–H and O–H groups in total. The van der Waals surface area contributed by atoms with Crippen molar-refractivity contribution in [2.75, 3.05) is 30.4 Å². The largest absolute Gasteiger partial charge is 0.497 e. The SMILES string of the molecule is COc1ccc2ncc(C(=O)O)c(Nc3ccc(N4CCCC4)cc3)c2c1. The van der Waals surface area contributed by atoms with Crippen LogP contribution in [0.4, 0.5) is 17.1 Å². The second-order valence-electron chi connectivity index (χ2n) is 6.60. The van der Waals surface area contributed by atoms with Crippen molar-refractivity contribution in [1.29, 1.82) is 0 Å². The number of rotatable bonds is 5. The maximum absolute atomic E-state index is 11.7. The monoisotopic (exact) mass is 363 g/mol. The summed E-state index contributed by atoms with van der Waals surface area (Å²) in [6.07, 6.45) is 3.84. The lowest BCUT2D eigenvalue weighted by Gasteiger charge is -2.18. The van der Waals surface area contributed by atoms with Gasteiger partial charge in [-0.15, -0.1) is 0 Å². The first-order chi connectivity index (χ1) is 13.2. The summed E-state index contributed by atoms with van der Waals surface area (Å²) in [6, 6.07) is 13.5. The average Bonchev–Trinajstić information content (AvgIpc) is 3.23. The van der Waals surface area contributed by atoms with Crippen LogP contribution in [0.3, 0.4) is 0 Å². The summed E-state index contributed by atoms with van der Waals surface area (Å²) in [5.74, 6) is -0.373. The quantitative estimate of drug-likeness (QED) is 0.704. The number of ether oxygens (including phenoxy) is 1. The number of carbonyl (C=O) groups is 1. The van der Waals surface area contributed by atoms with Crippen molar-refractivity contribution >= 4 is 33.9 Å². The number of carboxylic acids is 1. The summed E-state index contributed by atoms with van der Waals surface area (Å²) in [5, 5.41) is 13.6. The van der Waals surface area contributed by atoms with Crippen LogP contribution in [0.2, 0.25) is 0 Å². The molecule has 0 radical (unpaired) electrons. The molecule has 1 saturated heterocycles. The molecule has 0 aliphatic carbocycles. The molecule has 27 heavy (non-hydrogen) atoms. The van der Waals surface area contributed by atoms with E-state index in [-0.39, 0.29) is 5.56 Å². The van der Waals surface area contributed by atoms with Crippen molar-refractivity contribution in [1.82, 2.24) is 4.98 Å². The smallest absolute Gasteiger partial charge is 0.339 e. The molecule has 1 aliphatic rings. The number of aromatic nitrogens is 1. The van der Waals surface area contributed by atoms with Gasteiger partial charge in [-0.05, 0) is 55.3 Å². The van der Waals surface area contributed by atoms with Crippen LogP contribution in [0.15, 0.2) is 48.7 Å². The van der Waals surface area contributed by atoms with E-state index in [2.05, 4.69) is 27.3 Å². The molecule has 0 spiro atoms. The van der Waals surface area contributed by atoms with E-state index in [0.29, 0.717) is 22.3 Å². The molecular weight excluding hydrogens is 342 g/mol. The van der Waals surface area contributed by atoms with Gasteiger partial charge < -0.3 is 20.1 Å². The van der Waals surface area contributed by atoms with Gasteiger partial charge in [-0.2, -0.15) is 0 Å². The van der Waals surface area contributed by atoms with Crippen molar-refractivity contribution in [3.63, 3.8) is 0 Å². The van der Waals surface area contributed by atoms with E-state index in [4.69, 9.17) is 4.74 Å². The third-order valence-corrected chi connectivity index (χ3v) is 4.91. The van der Waals surface area contributed by atoms with Crippen LogP contribution in [0.25, 0.3) is 10.9 Å². The molecule has 6 nitrogen and oxygen atoms in total. The number of hydrogen-bond donors (Lipinski definition) is 2. The van der Waals surface area contributed by atoms with Gasteiger partial charge in [0.1, 0.15) is 11.3 Å². The first-order valence-corrected chi connectivity index (χ1v) is 8.98. The lowest BCUT2D eigenvalue weighted by atomic mass is 10.1. The lowest BCUT2D eigenvalue weighted by molar-refractivity contribution is 0.0697. The molecular formula is C21H21N3O3. The molecule has 0 bridgehead atoms. The molecule has 138 valence electrons. The first kappa shape index (κ1) is 17.1. The number of nitrogens with one attached hydrogen (secondary N) is 1. The Kier molecular flexibility index (Phi) is 4.54. The summed E-state index contributed by atoms with van der Waals surface area (Å²) >= 11 is 0. The van der Waals surface area contributed by atoms with Gasteiger partial charge in [-0.3, -0.25) is 4.98 Å². The fourth-order valence-electron chi connectivity index (χ4n) is 3.47. The maximum atomic E-state index is 11.7. The fourth-order valence-corrected chi connectivity index (χ4v) is 3.47. The van der Waals surface area contributed by atoms with E-state index < -0.39 is 5.97 Å². The number of pyridine rings is 1. The van der Waals surface area contributed by atoms with E-state index >= 15 is 0 Å². The molecule has 1 fully saturated rings. The predicted molar refractivity (Wildman–Crippen MR) is 106 cm³/mol. The number of methoxy groups -OCH3 is 1. The highest BCUT2D eigenvalue weighted by Gasteiger charge is 2.16. The molecule has 2 aromatic carbocycles. The van der Waals surface area contributed by atoms with Crippen LogP contribution >= 0.6 is 0 Å². The highest BCUT2D eigenvalue weighted by molar-refractivity contribution is 6.05. The third-order valence-electron chi connectivity index (χ3n) is 4.91. The Bertz CT molecular complexity index is 980. The Morgan fingerprint density at radius 3 is 2.56 bits per heavy atom. The minimum atomic E-state index is -1.02. The van der Waals surface area contributed by atoms with Crippen LogP contribution in [-0.4, -0.2) is 36.3 Å². The number of aromatic carboxylic acids is 1. The van der Waals surface area contributed by atoms with Crippen LogP contribution in [-0.2, 0) is 0 Å². The van der Waals surface area contributed by atoms with Gasteiger partial charge in [0, 0.05) is 36.0 Å². The Hall–Kier alpha value is -3.28. The Morgan fingerprint density at radius 1 is 1.15 bits per heavy atom. The van der Waals surface area contributed by atoms with Gasteiger partial charge in [-0.1, -0.05) is 0 Å². The van der Waals surface area contributed by atoms with E-state index in [0.717, 1.165) is 18.8 Å². The van der Waals surface area contributed by atoms with E-state index in [1.807, 2.05) is 24.3 Å². The van der Waals surface area contributed by atoms with Gasteiger partial charge in [0.05, 0.1) is 18.3 Å². The molecule has 0 unspecified atom stereocenters. The lowest BCUT2D eigenvalue weighted by Crippen LogP contribution is -2.17. The molecule has 1 aromatic heterocycles. The standard InChI is InChI=1S/C21H21N3O3/c1-27-16-8-9-19-17(12-16)20(18(13-22-19)21(25)26)23-14-4-6-15(7-5-14)24-10-2-3-11-24/h4-9,12-13H,2-3,10-11H2,1H3,(H,22,23)(H,25,26). The zero-order valence-electron chi connectivity index (χ0n) is 15.1. The number of fused-ring (bicyclic) bond motifs is 1. The Labute approximate surface area is 157 Å². The van der Waals surface area contributed by atoms with Crippen LogP contribution in [0.1, 0.15) is 23.2 Å².